The Hall–Kier alpha value is -3.72. The zero-order valence-electron chi connectivity index (χ0n) is 19.5. The third-order valence-electron chi connectivity index (χ3n) is 5.07. The molecule has 9 heteroatoms. The van der Waals surface area contributed by atoms with Crippen LogP contribution < -0.4 is 23.8 Å². The van der Waals surface area contributed by atoms with E-state index in [1.165, 1.54) is 7.11 Å². The van der Waals surface area contributed by atoms with E-state index in [2.05, 4.69) is 5.32 Å². The first-order chi connectivity index (χ1) is 16.2. The Morgan fingerprint density at radius 3 is 2.12 bits per heavy atom. The third kappa shape index (κ3) is 6.20. The van der Waals surface area contributed by atoms with Crippen LogP contribution in [0.15, 0.2) is 72.8 Å². The number of nitrogens with one attached hydrogen (secondary N) is 1. The molecule has 3 aromatic carbocycles. The number of methoxy groups -OCH3 is 2. The molecule has 0 unspecified atom stereocenters. The second-order valence-electron chi connectivity index (χ2n) is 7.55. The van der Waals surface area contributed by atoms with Crippen molar-refractivity contribution in [2.75, 3.05) is 24.8 Å². The largest absolute Gasteiger partial charge is 0.493 e. The summed E-state index contributed by atoms with van der Waals surface area (Å²) < 4.78 is 42.5. The number of carbonyl (C=O) groups excluding carboxylic acids is 1. The molecule has 0 radical (unpaired) electrons. The molecule has 0 saturated heterocycles. The summed E-state index contributed by atoms with van der Waals surface area (Å²) in [5, 5.41) is 2.79. The molecule has 0 aromatic heterocycles. The molecule has 0 spiro atoms. The van der Waals surface area contributed by atoms with Gasteiger partial charge < -0.3 is 19.5 Å². The van der Waals surface area contributed by atoms with Gasteiger partial charge in [0.1, 0.15) is 17.5 Å². The predicted octanol–water partition coefficient (Wildman–Crippen LogP) is 3.97. The molecule has 8 nitrogen and oxygen atoms in total. The summed E-state index contributed by atoms with van der Waals surface area (Å²) in [5.41, 5.74) is 1.14. The van der Waals surface area contributed by atoms with Gasteiger partial charge in [-0.25, -0.2) is 8.42 Å². The number of ether oxygens (including phenoxy) is 3. The van der Waals surface area contributed by atoms with Gasteiger partial charge in [-0.1, -0.05) is 24.3 Å². The van der Waals surface area contributed by atoms with Crippen LogP contribution in [0.4, 0.5) is 5.69 Å². The van der Waals surface area contributed by atoms with Crippen LogP contribution in [0.2, 0.25) is 0 Å². The summed E-state index contributed by atoms with van der Waals surface area (Å²) >= 11 is 0. The fourth-order valence-corrected chi connectivity index (χ4v) is 4.60. The lowest BCUT2D eigenvalue weighted by molar-refractivity contribution is -0.122. The molecule has 1 atom stereocenters. The minimum absolute atomic E-state index is 0.199. The van der Waals surface area contributed by atoms with E-state index < -0.39 is 22.0 Å². The summed E-state index contributed by atoms with van der Waals surface area (Å²) in [5.74, 6) is 1.89. The molecule has 34 heavy (non-hydrogen) atoms. The molecule has 0 saturated carbocycles. The Balaban J connectivity index is 1.73. The van der Waals surface area contributed by atoms with Crippen LogP contribution in [0.1, 0.15) is 12.5 Å². The van der Waals surface area contributed by atoms with E-state index in [4.69, 9.17) is 14.2 Å². The maximum absolute atomic E-state index is 12.9. The zero-order valence-corrected chi connectivity index (χ0v) is 20.3. The number of nitrogens with zero attached hydrogens (tertiary/aromatic N) is 1. The highest BCUT2D eigenvalue weighted by atomic mass is 32.2. The van der Waals surface area contributed by atoms with E-state index in [0.29, 0.717) is 28.7 Å². The van der Waals surface area contributed by atoms with Gasteiger partial charge in [0, 0.05) is 6.54 Å². The van der Waals surface area contributed by atoms with E-state index in [0.717, 1.165) is 16.1 Å². The van der Waals surface area contributed by atoms with Gasteiger partial charge in [-0.15, -0.1) is 0 Å². The molecule has 1 N–H and O–H groups in total. The van der Waals surface area contributed by atoms with Crippen molar-refractivity contribution in [2.45, 2.75) is 19.5 Å². The molecule has 1 amide bonds. The van der Waals surface area contributed by atoms with E-state index in [9.17, 15) is 13.2 Å². The number of rotatable bonds is 10. The second kappa shape index (κ2) is 10.9. The number of para-hydroxylation sites is 1. The van der Waals surface area contributed by atoms with E-state index in [-0.39, 0.29) is 6.54 Å². The van der Waals surface area contributed by atoms with E-state index in [1.54, 1.807) is 56.5 Å². The normalized spacial score (nSPS) is 11.9. The molecule has 0 fully saturated rings. The second-order valence-corrected chi connectivity index (χ2v) is 9.41. The SMILES string of the molecule is COc1ccc(CNC(=O)[C@H](C)N(c2ccc(Oc3ccccc3)cc2)S(C)(=O)=O)cc1OC. The van der Waals surface area contributed by atoms with Gasteiger partial charge in [-0.2, -0.15) is 0 Å². The molecule has 180 valence electrons. The highest BCUT2D eigenvalue weighted by molar-refractivity contribution is 7.92. The molecular weight excluding hydrogens is 456 g/mol. The van der Waals surface area contributed by atoms with Crippen molar-refractivity contribution in [3.63, 3.8) is 0 Å². The Labute approximate surface area is 200 Å². The molecule has 0 heterocycles. The number of hydrogen-bond donors (Lipinski definition) is 1. The molecule has 0 bridgehead atoms. The van der Waals surface area contributed by atoms with Gasteiger partial charge in [0.05, 0.1) is 26.2 Å². The van der Waals surface area contributed by atoms with E-state index >= 15 is 0 Å². The van der Waals surface area contributed by atoms with Crippen LogP contribution in [0.3, 0.4) is 0 Å². The topological polar surface area (TPSA) is 94.2 Å². The summed E-state index contributed by atoms with van der Waals surface area (Å²) in [6.07, 6.45) is 1.07. The molecule has 3 rings (SSSR count). The molecular formula is C25H28N2O6S. The van der Waals surface area contributed by atoms with Gasteiger partial charge in [-0.3, -0.25) is 9.10 Å². The summed E-state index contributed by atoms with van der Waals surface area (Å²) in [4.78, 5) is 12.9. The maximum Gasteiger partial charge on any atom is 0.243 e. The average Bonchev–Trinajstić information content (AvgIpc) is 2.83. The Bertz CT molecular complexity index is 1210. The summed E-state index contributed by atoms with van der Waals surface area (Å²) in [6, 6.07) is 20.1. The summed E-state index contributed by atoms with van der Waals surface area (Å²) in [7, 11) is -0.668. The zero-order chi connectivity index (χ0) is 24.7. The monoisotopic (exact) mass is 484 g/mol. The van der Waals surface area contributed by atoms with Gasteiger partial charge in [0.2, 0.25) is 15.9 Å². The minimum atomic E-state index is -3.74. The number of anilines is 1. The lowest BCUT2D eigenvalue weighted by Gasteiger charge is -2.28. The van der Waals surface area contributed by atoms with Crippen molar-refractivity contribution in [1.29, 1.82) is 0 Å². The highest BCUT2D eigenvalue weighted by Gasteiger charge is 2.29. The highest BCUT2D eigenvalue weighted by Crippen LogP contribution is 2.28. The standard InChI is InChI=1S/C25H28N2O6S/c1-18(25(28)26-17-19-10-15-23(31-2)24(16-19)32-3)27(34(4,29)30)20-11-13-22(14-12-20)33-21-8-6-5-7-9-21/h5-16,18H,17H2,1-4H3,(H,26,28)/t18-/m0/s1. The number of amides is 1. The first-order valence-corrected chi connectivity index (χ1v) is 12.4. The predicted molar refractivity (Wildman–Crippen MR) is 131 cm³/mol. The minimum Gasteiger partial charge on any atom is -0.493 e. The van der Waals surface area contributed by atoms with Crippen LogP contribution in [-0.4, -0.2) is 40.8 Å². The van der Waals surface area contributed by atoms with Crippen molar-refractivity contribution in [3.05, 3.63) is 78.4 Å². The van der Waals surface area contributed by atoms with Crippen molar-refractivity contribution in [2.24, 2.45) is 0 Å². The lowest BCUT2D eigenvalue weighted by Crippen LogP contribution is -2.47. The summed E-state index contributed by atoms with van der Waals surface area (Å²) in [6.45, 7) is 1.74. The first-order valence-electron chi connectivity index (χ1n) is 10.5. The smallest absolute Gasteiger partial charge is 0.243 e. The van der Waals surface area contributed by atoms with Crippen LogP contribution >= 0.6 is 0 Å². The van der Waals surface area contributed by atoms with Crippen LogP contribution in [0.25, 0.3) is 0 Å². The van der Waals surface area contributed by atoms with Crippen LogP contribution in [0, 0.1) is 0 Å². The van der Waals surface area contributed by atoms with Gasteiger partial charge >= 0.3 is 0 Å². The van der Waals surface area contributed by atoms with Gasteiger partial charge in [0.25, 0.3) is 0 Å². The van der Waals surface area contributed by atoms with Gasteiger partial charge in [-0.05, 0) is 61.0 Å². The maximum atomic E-state index is 12.9. The number of hydrogen-bond acceptors (Lipinski definition) is 6. The first kappa shape index (κ1) is 24.9. The third-order valence-corrected chi connectivity index (χ3v) is 6.31. The number of benzene rings is 3. The average molecular weight is 485 g/mol. The Morgan fingerprint density at radius 2 is 1.53 bits per heavy atom. The molecule has 3 aromatic rings. The number of carbonyl (C=O) groups is 1. The van der Waals surface area contributed by atoms with Crippen molar-refractivity contribution in [3.8, 4) is 23.0 Å². The van der Waals surface area contributed by atoms with Crippen molar-refractivity contribution < 1.29 is 27.4 Å². The Morgan fingerprint density at radius 1 is 0.912 bits per heavy atom. The van der Waals surface area contributed by atoms with Crippen molar-refractivity contribution in [1.82, 2.24) is 5.32 Å². The van der Waals surface area contributed by atoms with Crippen molar-refractivity contribution >= 4 is 21.6 Å². The molecule has 0 aliphatic rings. The number of sulfonamides is 1. The fraction of sp³-hybridized carbons (Fsp3) is 0.240. The quantitative estimate of drug-likeness (QED) is 0.468. The Kier molecular flexibility index (Phi) is 8.01. The fourth-order valence-electron chi connectivity index (χ4n) is 3.42. The molecule has 0 aliphatic heterocycles. The van der Waals surface area contributed by atoms with Gasteiger partial charge in [0.15, 0.2) is 11.5 Å². The van der Waals surface area contributed by atoms with Crippen LogP contribution in [0.5, 0.6) is 23.0 Å². The van der Waals surface area contributed by atoms with Crippen LogP contribution in [-0.2, 0) is 21.4 Å². The molecule has 0 aliphatic carbocycles. The lowest BCUT2D eigenvalue weighted by atomic mass is 10.2. The van der Waals surface area contributed by atoms with E-state index in [1.807, 2.05) is 30.3 Å².